The first kappa shape index (κ1) is 20.5. The molecule has 158 valence electrons. The highest BCUT2D eigenvalue weighted by Gasteiger charge is 2.25. The number of H-pyrrole nitrogens is 1. The predicted molar refractivity (Wildman–Crippen MR) is 124 cm³/mol. The molecule has 0 aliphatic carbocycles. The summed E-state index contributed by atoms with van der Waals surface area (Å²) < 4.78 is 5.96. The van der Waals surface area contributed by atoms with Crippen LogP contribution in [0.2, 0.25) is 0 Å². The van der Waals surface area contributed by atoms with Gasteiger partial charge < -0.3 is 19.9 Å². The Morgan fingerprint density at radius 1 is 1.20 bits per heavy atom. The summed E-state index contributed by atoms with van der Waals surface area (Å²) in [5.41, 5.74) is 5.13. The van der Waals surface area contributed by atoms with Crippen molar-refractivity contribution in [3.05, 3.63) is 71.4 Å². The van der Waals surface area contributed by atoms with Crippen LogP contribution in [0.3, 0.4) is 0 Å². The van der Waals surface area contributed by atoms with Gasteiger partial charge in [-0.15, -0.1) is 0 Å². The first-order valence-corrected chi connectivity index (χ1v) is 10.9. The number of guanidine groups is 1. The second-order valence-corrected chi connectivity index (χ2v) is 8.14. The minimum Gasteiger partial charge on any atom is -0.376 e. The summed E-state index contributed by atoms with van der Waals surface area (Å²) in [4.78, 5) is 10.3. The van der Waals surface area contributed by atoms with E-state index in [9.17, 15) is 0 Å². The molecule has 2 N–H and O–H groups in total. The Morgan fingerprint density at radius 2 is 2.07 bits per heavy atom. The third-order valence-corrected chi connectivity index (χ3v) is 5.94. The predicted octanol–water partition coefficient (Wildman–Crippen LogP) is 4.13. The smallest absolute Gasteiger partial charge is 0.193 e. The molecular weight excluding hydrogens is 372 g/mol. The normalized spacial score (nSPS) is 17.1. The lowest BCUT2D eigenvalue weighted by atomic mass is 10.1. The van der Waals surface area contributed by atoms with E-state index in [1.54, 1.807) is 0 Å². The van der Waals surface area contributed by atoms with E-state index in [-0.39, 0.29) is 0 Å². The second-order valence-electron chi connectivity index (χ2n) is 8.14. The second kappa shape index (κ2) is 9.81. The molecule has 4 rings (SSSR count). The van der Waals surface area contributed by atoms with Gasteiger partial charge in [-0.2, -0.15) is 0 Å². The molecule has 3 aromatic rings. The van der Waals surface area contributed by atoms with E-state index in [2.05, 4.69) is 75.8 Å². The van der Waals surface area contributed by atoms with Crippen LogP contribution in [0.15, 0.2) is 59.7 Å². The lowest BCUT2D eigenvalue weighted by Crippen LogP contribution is -2.41. The van der Waals surface area contributed by atoms with Gasteiger partial charge >= 0.3 is 0 Å². The molecule has 1 atom stereocenters. The molecule has 1 aliphatic heterocycles. The Bertz CT molecular complexity index is 979. The summed E-state index contributed by atoms with van der Waals surface area (Å²) in [6.07, 6.45) is 4.26. The number of likely N-dealkylation sites (tertiary alicyclic amines) is 1. The molecule has 5 nitrogen and oxygen atoms in total. The first-order chi connectivity index (χ1) is 14.7. The molecule has 0 amide bonds. The number of aliphatic imine (C=N–C) groups is 1. The summed E-state index contributed by atoms with van der Waals surface area (Å²) in [6.45, 7) is 6.58. The van der Waals surface area contributed by atoms with Crippen LogP contribution >= 0.6 is 0 Å². The maximum atomic E-state index is 5.96. The van der Waals surface area contributed by atoms with Gasteiger partial charge in [-0.25, -0.2) is 0 Å². The number of hydrogen-bond acceptors (Lipinski definition) is 2. The van der Waals surface area contributed by atoms with Crippen LogP contribution in [-0.2, 0) is 17.8 Å². The van der Waals surface area contributed by atoms with Gasteiger partial charge in [0.2, 0.25) is 0 Å². The number of nitrogens with zero attached hydrogens (tertiary/aromatic N) is 2. The average Bonchev–Trinajstić information content (AvgIpc) is 3.40. The zero-order chi connectivity index (χ0) is 20.8. The van der Waals surface area contributed by atoms with Crippen molar-refractivity contribution in [2.75, 3.05) is 33.3 Å². The lowest BCUT2D eigenvalue weighted by molar-refractivity contribution is 0.0907. The molecular formula is C25H32N4O. The fourth-order valence-corrected chi connectivity index (χ4v) is 4.37. The molecule has 0 radical (unpaired) electrons. The van der Waals surface area contributed by atoms with Crippen LogP contribution in [-0.4, -0.2) is 49.1 Å². The summed E-state index contributed by atoms with van der Waals surface area (Å²) in [7, 11) is 1.87. The lowest BCUT2D eigenvalue weighted by Gasteiger charge is -2.21. The molecule has 2 heterocycles. The van der Waals surface area contributed by atoms with Crippen molar-refractivity contribution in [3.63, 3.8) is 0 Å². The van der Waals surface area contributed by atoms with E-state index < -0.39 is 0 Å². The fourth-order valence-electron chi connectivity index (χ4n) is 4.37. The third kappa shape index (κ3) is 4.85. The molecule has 2 aromatic carbocycles. The number of benzene rings is 2. The topological polar surface area (TPSA) is 52.7 Å². The Balaban J connectivity index is 1.23. The van der Waals surface area contributed by atoms with Crippen LogP contribution in [0, 0.1) is 12.8 Å². The minimum absolute atomic E-state index is 0.559. The Labute approximate surface area is 179 Å². The van der Waals surface area contributed by atoms with E-state index in [4.69, 9.17) is 4.74 Å². The number of nitrogens with one attached hydrogen (secondary N) is 2. The van der Waals surface area contributed by atoms with Crippen LogP contribution in [0.5, 0.6) is 0 Å². The zero-order valence-electron chi connectivity index (χ0n) is 18.0. The molecule has 0 saturated carbocycles. The number of fused-ring (bicyclic) bond motifs is 1. The van der Waals surface area contributed by atoms with Crippen molar-refractivity contribution in [1.29, 1.82) is 0 Å². The number of aryl methyl sites for hydroxylation is 1. The number of aromatic amines is 1. The highest BCUT2D eigenvalue weighted by Crippen LogP contribution is 2.22. The number of ether oxygens (including phenoxy) is 1. The maximum absolute atomic E-state index is 5.96. The number of aromatic nitrogens is 1. The van der Waals surface area contributed by atoms with Crippen LogP contribution in [0.25, 0.3) is 10.9 Å². The van der Waals surface area contributed by atoms with Gasteiger partial charge in [-0.3, -0.25) is 4.99 Å². The fraction of sp³-hybridized carbons (Fsp3) is 0.400. The van der Waals surface area contributed by atoms with Gasteiger partial charge in [0.15, 0.2) is 5.96 Å². The summed E-state index contributed by atoms with van der Waals surface area (Å²) >= 11 is 0. The van der Waals surface area contributed by atoms with E-state index >= 15 is 0 Å². The van der Waals surface area contributed by atoms with E-state index in [1.807, 2.05) is 13.1 Å². The largest absolute Gasteiger partial charge is 0.376 e. The molecule has 1 aliphatic rings. The van der Waals surface area contributed by atoms with Crippen molar-refractivity contribution < 1.29 is 4.74 Å². The third-order valence-electron chi connectivity index (χ3n) is 5.94. The molecule has 0 bridgehead atoms. The van der Waals surface area contributed by atoms with E-state index in [0.29, 0.717) is 12.5 Å². The van der Waals surface area contributed by atoms with Crippen molar-refractivity contribution in [2.24, 2.45) is 10.9 Å². The van der Waals surface area contributed by atoms with Gasteiger partial charge in [0.25, 0.3) is 0 Å². The quantitative estimate of drug-likeness (QED) is 0.460. The SMILES string of the molecule is CN=C(NCCc1c[nH]c2cccc(C)c12)N1CCC(COCc2ccccc2)C1. The monoisotopic (exact) mass is 404 g/mol. The van der Waals surface area contributed by atoms with E-state index in [0.717, 1.165) is 45.0 Å². The molecule has 1 fully saturated rings. The van der Waals surface area contributed by atoms with Crippen molar-refractivity contribution in [3.8, 4) is 0 Å². The highest BCUT2D eigenvalue weighted by molar-refractivity contribution is 5.86. The van der Waals surface area contributed by atoms with Crippen LogP contribution < -0.4 is 5.32 Å². The van der Waals surface area contributed by atoms with Crippen molar-refractivity contribution in [1.82, 2.24) is 15.2 Å². The van der Waals surface area contributed by atoms with Crippen molar-refractivity contribution in [2.45, 2.75) is 26.4 Å². The van der Waals surface area contributed by atoms with Gasteiger partial charge in [0.1, 0.15) is 0 Å². The Kier molecular flexibility index (Phi) is 6.70. The molecule has 5 heteroatoms. The summed E-state index contributed by atoms with van der Waals surface area (Å²) in [5, 5.41) is 4.91. The minimum atomic E-state index is 0.559. The summed E-state index contributed by atoms with van der Waals surface area (Å²) in [6, 6.07) is 16.8. The molecule has 30 heavy (non-hydrogen) atoms. The average molecular weight is 405 g/mol. The molecule has 0 spiro atoms. The molecule has 1 aromatic heterocycles. The molecule has 1 saturated heterocycles. The van der Waals surface area contributed by atoms with Gasteiger partial charge in [0, 0.05) is 49.7 Å². The van der Waals surface area contributed by atoms with Crippen LogP contribution in [0.1, 0.15) is 23.1 Å². The Morgan fingerprint density at radius 3 is 2.90 bits per heavy atom. The molecule has 1 unspecified atom stereocenters. The van der Waals surface area contributed by atoms with Gasteiger partial charge in [0.05, 0.1) is 13.2 Å². The zero-order valence-corrected chi connectivity index (χ0v) is 18.0. The number of hydrogen-bond donors (Lipinski definition) is 2. The highest BCUT2D eigenvalue weighted by atomic mass is 16.5. The Hall–Kier alpha value is -2.79. The van der Waals surface area contributed by atoms with Crippen molar-refractivity contribution >= 4 is 16.9 Å². The van der Waals surface area contributed by atoms with Crippen LogP contribution in [0.4, 0.5) is 0 Å². The number of rotatable bonds is 7. The summed E-state index contributed by atoms with van der Waals surface area (Å²) in [5.74, 6) is 1.56. The van der Waals surface area contributed by atoms with Gasteiger partial charge in [-0.05, 0) is 42.5 Å². The first-order valence-electron chi connectivity index (χ1n) is 10.9. The van der Waals surface area contributed by atoms with Gasteiger partial charge in [-0.1, -0.05) is 42.5 Å². The maximum Gasteiger partial charge on any atom is 0.193 e. The van der Waals surface area contributed by atoms with E-state index in [1.165, 1.54) is 27.6 Å². The standard InChI is InChI=1S/C25H32N4O/c1-19-7-6-10-23-24(19)22(15-28-23)11-13-27-25(26-2)29-14-12-21(16-29)18-30-17-20-8-4-3-5-9-20/h3-10,15,21,28H,11-14,16-18H2,1-2H3,(H,26,27).